The van der Waals surface area contributed by atoms with Gasteiger partial charge in [-0.3, -0.25) is 19.8 Å². The number of aryl methyl sites for hydroxylation is 1. The predicted octanol–water partition coefficient (Wildman–Crippen LogP) is 5.52. The standard InChI is InChI=1S/C44H49N9O5/c1-28-23-30(9-10-32(28)40-27-51(21-22-58-40)38-24-35(47-48-42(38)45)33-5-2-3-8-39(33)54)43(56)50-17-11-29(12-18-50)25-49-16-13-31(26-49)52-19-14-34-36(52)6-4-7-37(34)53-20-15-41(55)46-44(53)57/h2-10,14,19,23-24,29,31,40,54H,11-13,15-18,20-22,25-27H2,1H3,(H2,45,48)(H,46,55,57)/t31-,40-/m1/s1. The second-order valence-corrected chi connectivity index (χ2v) is 16.0. The van der Waals surface area contributed by atoms with Crippen LogP contribution in [0.5, 0.6) is 5.75 Å². The molecular formula is C44H49N9O5. The topological polar surface area (TPSA) is 162 Å². The number of hydrogen-bond acceptors (Lipinski definition) is 10. The maximum absolute atomic E-state index is 13.8. The number of imide groups is 1. The fourth-order valence-corrected chi connectivity index (χ4v) is 9.28. The fourth-order valence-electron chi connectivity index (χ4n) is 9.28. The molecule has 2 atom stereocenters. The number of fused-ring (bicyclic) bond motifs is 1. The maximum Gasteiger partial charge on any atom is 0.328 e. The average molecular weight is 784 g/mol. The molecule has 2 aromatic heterocycles. The minimum absolute atomic E-state index is 0.0698. The van der Waals surface area contributed by atoms with E-state index in [1.807, 2.05) is 54.3 Å². The Bertz CT molecular complexity index is 2370. The van der Waals surface area contributed by atoms with Gasteiger partial charge in [0, 0.05) is 87.5 Å². The summed E-state index contributed by atoms with van der Waals surface area (Å²) in [5, 5.41) is 22.3. The number of urea groups is 1. The molecule has 0 aliphatic carbocycles. The van der Waals surface area contributed by atoms with Gasteiger partial charge in [0.25, 0.3) is 5.91 Å². The number of morpholine rings is 1. The van der Waals surface area contributed by atoms with Crippen molar-refractivity contribution in [2.45, 2.75) is 44.8 Å². The van der Waals surface area contributed by atoms with E-state index in [2.05, 4.69) is 48.2 Å². The molecule has 5 aromatic rings. The van der Waals surface area contributed by atoms with Crippen molar-refractivity contribution in [3.05, 3.63) is 95.7 Å². The van der Waals surface area contributed by atoms with Gasteiger partial charge in [0.05, 0.1) is 29.2 Å². The summed E-state index contributed by atoms with van der Waals surface area (Å²) in [4.78, 5) is 46.5. The number of piperidine rings is 1. The fraction of sp³-hybridized carbons (Fsp3) is 0.386. The number of carbonyl (C=O) groups excluding carboxylic acids is 3. The van der Waals surface area contributed by atoms with Crippen LogP contribution in [0, 0.1) is 12.8 Å². The van der Waals surface area contributed by atoms with Gasteiger partial charge in [0.2, 0.25) is 5.91 Å². The molecule has 14 nitrogen and oxygen atoms in total. The largest absolute Gasteiger partial charge is 0.507 e. The van der Waals surface area contributed by atoms with E-state index in [1.54, 1.807) is 23.1 Å². The Kier molecular flexibility index (Phi) is 10.2. The summed E-state index contributed by atoms with van der Waals surface area (Å²) in [5.41, 5.74) is 12.9. The predicted molar refractivity (Wildman–Crippen MR) is 222 cm³/mol. The molecule has 0 unspecified atom stereocenters. The van der Waals surface area contributed by atoms with Crippen molar-refractivity contribution in [1.29, 1.82) is 0 Å². The van der Waals surface area contributed by atoms with Crippen molar-refractivity contribution in [2.24, 2.45) is 5.92 Å². The third-order valence-corrected chi connectivity index (χ3v) is 12.4. The van der Waals surface area contributed by atoms with Crippen molar-refractivity contribution in [3.8, 4) is 17.0 Å². The van der Waals surface area contributed by atoms with Crippen LogP contribution in [0.4, 0.5) is 22.0 Å². The summed E-state index contributed by atoms with van der Waals surface area (Å²) >= 11 is 0. The number of likely N-dealkylation sites (tertiary alicyclic amines) is 2. The molecular weight excluding hydrogens is 735 g/mol. The number of nitrogen functional groups attached to an aromatic ring is 1. The quantitative estimate of drug-likeness (QED) is 0.183. The highest BCUT2D eigenvalue weighted by Gasteiger charge is 2.32. The number of benzene rings is 3. The van der Waals surface area contributed by atoms with E-state index < -0.39 is 0 Å². The summed E-state index contributed by atoms with van der Waals surface area (Å²) in [6.45, 7) is 8.61. The van der Waals surface area contributed by atoms with Gasteiger partial charge in [-0.05, 0) is 91.8 Å². The molecule has 300 valence electrons. The van der Waals surface area contributed by atoms with Gasteiger partial charge in [-0.2, -0.15) is 0 Å². The number of hydrogen-bond donors (Lipinski definition) is 3. The normalized spacial score (nSPS) is 20.9. The van der Waals surface area contributed by atoms with Gasteiger partial charge < -0.3 is 34.8 Å². The second-order valence-electron chi connectivity index (χ2n) is 16.0. The van der Waals surface area contributed by atoms with Crippen LogP contribution in [0.15, 0.2) is 79.0 Å². The molecule has 4 fully saturated rings. The lowest BCUT2D eigenvalue weighted by molar-refractivity contribution is -0.120. The van der Waals surface area contributed by atoms with Crippen LogP contribution in [0.2, 0.25) is 0 Å². The van der Waals surface area contributed by atoms with Crippen LogP contribution >= 0.6 is 0 Å². The molecule has 6 heterocycles. The molecule has 14 heteroatoms. The summed E-state index contributed by atoms with van der Waals surface area (Å²) < 4.78 is 8.60. The van der Waals surface area contributed by atoms with E-state index in [9.17, 15) is 19.5 Å². The Balaban J connectivity index is 0.788. The number of aromatic hydroxyl groups is 1. The van der Waals surface area contributed by atoms with E-state index in [-0.39, 0.29) is 29.7 Å². The van der Waals surface area contributed by atoms with Gasteiger partial charge in [-0.25, -0.2) is 4.79 Å². The zero-order valence-electron chi connectivity index (χ0n) is 32.7. The number of anilines is 3. The molecule has 3 aromatic carbocycles. The molecule has 4 N–H and O–H groups in total. The molecule has 4 aliphatic heterocycles. The first kappa shape index (κ1) is 37.6. The lowest BCUT2D eigenvalue weighted by atomic mass is 9.95. The summed E-state index contributed by atoms with van der Waals surface area (Å²) in [6.07, 6.45) is 5.22. The van der Waals surface area contributed by atoms with E-state index in [4.69, 9.17) is 10.5 Å². The van der Waals surface area contributed by atoms with E-state index in [0.29, 0.717) is 67.3 Å². The van der Waals surface area contributed by atoms with Crippen LogP contribution in [0.1, 0.15) is 59.3 Å². The van der Waals surface area contributed by atoms with Crippen molar-refractivity contribution >= 4 is 45.9 Å². The smallest absolute Gasteiger partial charge is 0.328 e. The Morgan fingerprint density at radius 2 is 1.76 bits per heavy atom. The lowest BCUT2D eigenvalue weighted by Crippen LogP contribution is -2.49. The minimum Gasteiger partial charge on any atom is -0.507 e. The number of aromatic nitrogens is 3. The van der Waals surface area contributed by atoms with Crippen LogP contribution in [-0.4, -0.2) is 106 Å². The summed E-state index contributed by atoms with van der Waals surface area (Å²) in [7, 11) is 0. The third kappa shape index (κ3) is 7.33. The number of phenols is 1. The third-order valence-electron chi connectivity index (χ3n) is 12.4. The second kappa shape index (κ2) is 15.7. The first-order chi connectivity index (χ1) is 28.2. The number of nitrogens with one attached hydrogen (secondary N) is 1. The number of amides is 4. The summed E-state index contributed by atoms with van der Waals surface area (Å²) in [6, 6.07) is 23.0. The Labute approximate surface area is 337 Å². The number of rotatable bonds is 8. The number of ether oxygens (including phenoxy) is 1. The molecule has 0 bridgehead atoms. The Hall–Kier alpha value is -5.99. The number of para-hydroxylation sites is 1. The maximum atomic E-state index is 13.8. The van der Waals surface area contributed by atoms with Gasteiger partial charge in [-0.1, -0.05) is 24.3 Å². The van der Waals surface area contributed by atoms with Crippen molar-refractivity contribution in [2.75, 3.05) is 74.5 Å². The van der Waals surface area contributed by atoms with Crippen LogP contribution < -0.4 is 20.9 Å². The lowest BCUT2D eigenvalue weighted by Gasteiger charge is -2.36. The molecule has 58 heavy (non-hydrogen) atoms. The average Bonchev–Trinajstić information content (AvgIpc) is 3.89. The van der Waals surface area contributed by atoms with Gasteiger partial charge >= 0.3 is 6.03 Å². The first-order valence-corrected chi connectivity index (χ1v) is 20.3. The Morgan fingerprint density at radius 3 is 2.57 bits per heavy atom. The van der Waals surface area contributed by atoms with Crippen molar-refractivity contribution < 1.29 is 24.2 Å². The zero-order chi connectivity index (χ0) is 39.9. The SMILES string of the molecule is Cc1cc(C(=O)N2CCC(CN3CC[C@@H](n4ccc5c(N6CCC(=O)NC6=O)cccc54)C3)CC2)ccc1[C@H]1CN(c2cc(-c3ccccc3O)nnc2N)CCO1. The number of nitrogens with two attached hydrogens (primary N) is 1. The van der Waals surface area contributed by atoms with Gasteiger partial charge in [-0.15, -0.1) is 10.2 Å². The van der Waals surface area contributed by atoms with Crippen LogP contribution in [0.25, 0.3) is 22.2 Å². The molecule has 4 saturated heterocycles. The molecule has 4 amide bonds. The minimum atomic E-state index is -0.365. The number of nitrogens with zero attached hydrogens (tertiary/aromatic N) is 7. The first-order valence-electron chi connectivity index (χ1n) is 20.3. The highest BCUT2D eigenvalue weighted by molar-refractivity contribution is 6.09. The van der Waals surface area contributed by atoms with E-state index in [0.717, 1.165) is 85.4 Å². The summed E-state index contributed by atoms with van der Waals surface area (Å²) in [5.74, 6) is 0.819. The Morgan fingerprint density at radius 1 is 0.914 bits per heavy atom. The highest BCUT2D eigenvalue weighted by atomic mass is 16.5. The van der Waals surface area contributed by atoms with Gasteiger partial charge in [0.1, 0.15) is 11.9 Å². The van der Waals surface area contributed by atoms with Crippen LogP contribution in [-0.2, 0) is 9.53 Å². The molecule has 0 radical (unpaired) electrons. The van der Waals surface area contributed by atoms with E-state index >= 15 is 0 Å². The van der Waals surface area contributed by atoms with E-state index in [1.165, 1.54) is 0 Å². The molecule has 4 aliphatic rings. The molecule has 9 rings (SSSR count). The number of phenolic OH excluding ortho intramolecular Hbond substituents is 1. The molecule has 0 spiro atoms. The van der Waals surface area contributed by atoms with Crippen LogP contribution in [0.3, 0.4) is 0 Å². The monoisotopic (exact) mass is 783 g/mol. The number of carbonyl (C=O) groups is 3. The zero-order valence-corrected chi connectivity index (χ0v) is 32.7. The molecule has 0 saturated carbocycles. The van der Waals surface area contributed by atoms with Crippen molar-refractivity contribution in [3.63, 3.8) is 0 Å². The van der Waals surface area contributed by atoms with Crippen molar-refractivity contribution in [1.82, 2.24) is 29.9 Å². The van der Waals surface area contributed by atoms with Gasteiger partial charge in [0.15, 0.2) is 5.82 Å². The highest BCUT2D eigenvalue weighted by Crippen LogP contribution is 2.36.